The fourth-order valence-corrected chi connectivity index (χ4v) is 1.69. The predicted octanol–water partition coefficient (Wildman–Crippen LogP) is 1.66. The summed E-state index contributed by atoms with van der Waals surface area (Å²) in [4.78, 5) is 4.30. The Labute approximate surface area is 95.8 Å². The Morgan fingerprint density at radius 1 is 1.62 bits per heavy atom. The fourth-order valence-electron chi connectivity index (χ4n) is 1.69. The second-order valence-corrected chi connectivity index (χ2v) is 4.04. The van der Waals surface area contributed by atoms with Crippen molar-refractivity contribution in [2.45, 2.75) is 31.9 Å². The topological polar surface area (TPSA) is 57.4 Å². The van der Waals surface area contributed by atoms with E-state index in [0.29, 0.717) is 6.61 Å². The molecule has 0 spiro atoms. The highest BCUT2D eigenvalue weighted by atomic mass is 16.5. The van der Waals surface area contributed by atoms with E-state index in [9.17, 15) is 0 Å². The van der Waals surface area contributed by atoms with E-state index >= 15 is 0 Å². The maximum atomic E-state index is 5.88. The van der Waals surface area contributed by atoms with Crippen molar-refractivity contribution in [1.29, 1.82) is 0 Å². The molecule has 2 N–H and O–H groups in total. The van der Waals surface area contributed by atoms with Gasteiger partial charge in [0, 0.05) is 12.5 Å². The molecule has 2 unspecified atom stereocenters. The predicted molar refractivity (Wildman–Crippen MR) is 61.3 cm³/mol. The van der Waals surface area contributed by atoms with Crippen LogP contribution in [0.4, 0.5) is 0 Å². The first kappa shape index (κ1) is 11.4. The monoisotopic (exact) mass is 222 g/mol. The lowest BCUT2D eigenvalue weighted by Gasteiger charge is -2.13. The van der Waals surface area contributed by atoms with E-state index in [1.807, 2.05) is 19.1 Å². The van der Waals surface area contributed by atoms with Crippen molar-refractivity contribution in [3.05, 3.63) is 24.0 Å². The van der Waals surface area contributed by atoms with Gasteiger partial charge in [0.1, 0.15) is 11.9 Å². The van der Waals surface area contributed by atoms with Crippen LogP contribution in [-0.4, -0.2) is 24.3 Å². The number of pyridine rings is 1. The summed E-state index contributed by atoms with van der Waals surface area (Å²) in [6.07, 6.45) is 3.76. The molecule has 1 fully saturated rings. The molecule has 16 heavy (non-hydrogen) atoms. The van der Waals surface area contributed by atoms with Crippen LogP contribution in [0.2, 0.25) is 0 Å². The average Bonchev–Trinajstić information content (AvgIpc) is 2.82. The number of hydrogen-bond acceptors (Lipinski definition) is 4. The zero-order chi connectivity index (χ0) is 11.4. The third kappa shape index (κ3) is 2.71. The Kier molecular flexibility index (Phi) is 3.74. The fraction of sp³-hybridized carbons (Fsp3) is 0.583. The van der Waals surface area contributed by atoms with Crippen molar-refractivity contribution < 1.29 is 9.47 Å². The van der Waals surface area contributed by atoms with Gasteiger partial charge in [0.15, 0.2) is 0 Å². The zero-order valence-electron chi connectivity index (χ0n) is 9.56. The highest BCUT2D eigenvalue weighted by molar-refractivity contribution is 5.21. The van der Waals surface area contributed by atoms with Crippen LogP contribution in [0, 0.1) is 0 Å². The summed E-state index contributed by atoms with van der Waals surface area (Å²) < 4.78 is 11.0. The summed E-state index contributed by atoms with van der Waals surface area (Å²) in [5.74, 6) is 0.794. The second-order valence-electron chi connectivity index (χ2n) is 4.04. The number of nitrogens with zero attached hydrogens (tertiary/aromatic N) is 1. The van der Waals surface area contributed by atoms with E-state index in [1.165, 1.54) is 0 Å². The molecule has 2 heterocycles. The molecule has 4 heteroatoms. The standard InChI is InChI=1S/C12H18N2O2/c1-2-11(13)12-4-3-9(7-14-12)16-10-5-6-15-8-10/h3-4,7,10-11H,2,5-6,8,13H2,1H3. The Bertz CT molecular complexity index is 320. The summed E-state index contributed by atoms with van der Waals surface area (Å²) in [6, 6.07) is 3.87. The van der Waals surface area contributed by atoms with Crippen LogP contribution >= 0.6 is 0 Å². The lowest BCUT2D eigenvalue weighted by molar-refractivity contribution is 0.141. The van der Waals surface area contributed by atoms with Crippen molar-refractivity contribution >= 4 is 0 Å². The molecular formula is C12H18N2O2. The molecule has 0 bridgehead atoms. The van der Waals surface area contributed by atoms with Crippen molar-refractivity contribution in [2.75, 3.05) is 13.2 Å². The summed E-state index contributed by atoms with van der Waals surface area (Å²) in [5.41, 5.74) is 6.80. The van der Waals surface area contributed by atoms with E-state index in [4.69, 9.17) is 15.2 Å². The zero-order valence-corrected chi connectivity index (χ0v) is 9.56. The van der Waals surface area contributed by atoms with Gasteiger partial charge in [-0.1, -0.05) is 6.92 Å². The van der Waals surface area contributed by atoms with Crippen molar-refractivity contribution in [3.8, 4) is 5.75 Å². The number of ether oxygens (including phenoxy) is 2. The normalized spacial score (nSPS) is 22.0. The van der Waals surface area contributed by atoms with Gasteiger partial charge in [0.05, 0.1) is 25.1 Å². The minimum atomic E-state index is 0.0175. The van der Waals surface area contributed by atoms with Crippen LogP contribution in [0.3, 0.4) is 0 Å². The minimum absolute atomic E-state index is 0.0175. The molecule has 0 saturated carbocycles. The van der Waals surface area contributed by atoms with Gasteiger partial charge in [-0.05, 0) is 18.6 Å². The van der Waals surface area contributed by atoms with Gasteiger partial charge in [-0.15, -0.1) is 0 Å². The molecule has 1 aromatic heterocycles. The first-order valence-electron chi connectivity index (χ1n) is 5.75. The Morgan fingerprint density at radius 2 is 2.50 bits per heavy atom. The van der Waals surface area contributed by atoms with Gasteiger partial charge < -0.3 is 15.2 Å². The average molecular weight is 222 g/mol. The van der Waals surface area contributed by atoms with Crippen LogP contribution < -0.4 is 10.5 Å². The van der Waals surface area contributed by atoms with Gasteiger partial charge in [0.25, 0.3) is 0 Å². The van der Waals surface area contributed by atoms with Gasteiger partial charge >= 0.3 is 0 Å². The molecule has 0 aliphatic carbocycles. The van der Waals surface area contributed by atoms with Gasteiger partial charge in [-0.25, -0.2) is 0 Å². The summed E-state index contributed by atoms with van der Waals surface area (Å²) >= 11 is 0. The summed E-state index contributed by atoms with van der Waals surface area (Å²) in [6.45, 7) is 3.51. The van der Waals surface area contributed by atoms with Gasteiger partial charge in [0.2, 0.25) is 0 Å². The maximum absolute atomic E-state index is 5.88. The number of aromatic nitrogens is 1. The third-order valence-electron chi connectivity index (χ3n) is 2.77. The molecule has 0 aromatic carbocycles. The molecule has 1 aromatic rings. The van der Waals surface area contributed by atoms with Gasteiger partial charge in [-0.2, -0.15) is 0 Å². The quantitative estimate of drug-likeness (QED) is 0.841. The summed E-state index contributed by atoms with van der Waals surface area (Å²) in [5, 5.41) is 0. The van der Waals surface area contributed by atoms with Crippen LogP contribution in [0.5, 0.6) is 5.75 Å². The molecule has 2 atom stereocenters. The molecule has 1 aliphatic rings. The molecule has 0 radical (unpaired) electrons. The molecule has 0 amide bonds. The summed E-state index contributed by atoms with van der Waals surface area (Å²) in [7, 11) is 0. The van der Waals surface area contributed by atoms with E-state index < -0.39 is 0 Å². The smallest absolute Gasteiger partial charge is 0.138 e. The van der Waals surface area contributed by atoms with E-state index in [1.54, 1.807) is 6.20 Å². The van der Waals surface area contributed by atoms with Crippen LogP contribution in [-0.2, 0) is 4.74 Å². The Morgan fingerprint density at radius 3 is 3.06 bits per heavy atom. The molecule has 2 rings (SSSR count). The molecular weight excluding hydrogens is 204 g/mol. The highest BCUT2D eigenvalue weighted by Crippen LogP contribution is 2.18. The van der Waals surface area contributed by atoms with Crippen LogP contribution in [0.25, 0.3) is 0 Å². The lowest BCUT2D eigenvalue weighted by atomic mass is 10.1. The van der Waals surface area contributed by atoms with Crippen LogP contribution in [0.1, 0.15) is 31.5 Å². The molecule has 1 saturated heterocycles. The number of rotatable bonds is 4. The van der Waals surface area contributed by atoms with Crippen molar-refractivity contribution in [2.24, 2.45) is 5.73 Å². The van der Waals surface area contributed by atoms with Crippen LogP contribution in [0.15, 0.2) is 18.3 Å². The molecule has 88 valence electrons. The largest absolute Gasteiger partial charge is 0.486 e. The van der Waals surface area contributed by atoms with Crippen molar-refractivity contribution in [3.63, 3.8) is 0 Å². The molecule has 1 aliphatic heterocycles. The minimum Gasteiger partial charge on any atom is -0.486 e. The Balaban J connectivity index is 1.96. The maximum Gasteiger partial charge on any atom is 0.138 e. The lowest BCUT2D eigenvalue weighted by Crippen LogP contribution is -2.16. The first-order valence-corrected chi connectivity index (χ1v) is 5.75. The number of nitrogens with two attached hydrogens (primary N) is 1. The van der Waals surface area contributed by atoms with Crippen molar-refractivity contribution in [1.82, 2.24) is 4.98 Å². The molecule has 4 nitrogen and oxygen atoms in total. The van der Waals surface area contributed by atoms with E-state index in [-0.39, 0.29) is 12.1 Å². The van der Waals surface area contributed by atoms with Gasteiger partial charge in [-0.3, -0.25) is 4.98 Å². The number of hydrogen-bond donors (Lipinski definition) is 1. The third-order valence-corrected chi connectivity index (χ3v) is 2.77. The highest BCUT2D eigenvalue weighted by Gasteiger charge is 2.17. The second kappa shape index (κ2) is 5.27. The van der Waals surface area contributed by atoms with E-state index in [2.05, 4.69) is 4.98 Å². The van der Waals surface area contributed by atoms with E-state index in [0.717, 1.165) is 30.9 Å². The SMILES string of the molecule is CCC(N)c1ccc(OC2CCOC2)cn1. The Hall–Kier alpha value is -1.13. The first-order chi connectivity index (χ1) is 7.79.